The van der Waals surface area contributed by atoms with Crippen LogP contribution < -0.4 is 5.32 Å². The van der Waals surface area contributed by atoms with Gasteiger partial charge in [-0.3, -0.25) is 10.1 Å². The lowest BCUT2D eigenvalue weighted by Gasteiger charge is -2.18. The monoisotopic (exact) mass is 223 g/mol. The van der Waals surface area contributed by atoms with Gasteiger partial charge in [0.25, 0.3) is 0 Å². The lowest BCUT2D eigenvalue weighted by molar-refractivity contribution is -0.140. The third-order valence-electron chi connectivity index (χ3n) is 2.98. The van der Waals surface area contributed by atoms with Gasteiger partial charge in [-0.1, -0.05) is 0 Å². The third-order valence-corrected chi connectivity index (χ3v) is 2.98. The molecular weight excluding hydrogens is 206 g/mol. The van der Waals surface area contributed by atoms with Crippen molar-refractivity contribution in [1.82, 2.24) is 5.32 Å². The maximum atomic E-state index is 11.1. The molecule has 4 nitrogen and oxygen atoms in total. The van der Waals surface area contributed by atoms with Crippen molar-refractivity contribution in [2.75, 3.05) is 0 Å². The zero-order valence-corrected chi connectivity index (χ0v) is 9.56. The quantitative estimate of drug-likeness (QED) is 0.802. The standard InChI is InChI=1S/C12H17NO3/c1-7-3-6-10(16-7)8(2)13-11(12(14)15)9-4-5-9/h3,6,8-9,11,13H,4-5H2,1-2H3,(H,14,15). The fraction of sp³-hybridized carbons (Fsp3) is 0.583. The van der Waals surface area contributed by atoms with E-state index in [-0.39, 0.29) is 12.0 Å². The van der Waals surface area contributed by atoms with Crippen molar-refractivity contribution in [2.45, 2.75) is 38.8 Å². The summed E-state index contributed by atoms with van der Waals surface area (Å²) in [6, 6.07) is 3.27. The van der Waals surface area contributed by atoms with Crippen LogP contribution >= 0.6 is 0 Å². The summed E-state index contributed by atoms with van der Waals surface area (Å²) in [6.45, 7) is 3.81. The molecule has 1 aliphatic carbocycles. The number of hydrogen-bond donors (Lipinski definition) is 2. The van der Waals surface area contributed by atoms with Gasteiger partial charge in [0.1, 0.15) is 17.6 Å². The van der Waals surface area contributed by atoms with E-state index in [0.717, 1.165) is 24.4 Å². The Morgan fingerprint density at radius 3 is 2.69 bits per heavy atom. The first-order valence-electron chi connectivity index (χ1n) is 5.63. The van der Waals surface area contributed by atoms with Gasteiger partial charge >= 0.3 is 5.97 Å². The predicted octanol–water partition coefficient (Wildman–Crippen LogP) is 2.10. The molecule has 2 unspecified atom stereocenters. The number of rotatable bonds is 5. The highest BCUT2D eigenvalue weighted by Crippen LogP contribution is 2.34. The largest absolute Gasteiger partial charge is 0.480 e. The van der Waals surface area contributed by atoms with Gasteiger partial charge in [0.05, 0.1) is 6.04 Å². The van der Waals surface area contributed by atoms with Crippen LogP contribution in [-0.2, 0) is 4.79 Å². The number of furan rings is 1. The molecule has 0 aliphatic heterocycles. The van der Waals surface area contributed by atoms with Gasteiger partial charge in [-0.2, -0.15) is 0 Å². The number of carboxylic acids is 1. The van der Waals surface area contributed by atoms with Crippen LogP contribution in [0.25, 0.3) is 0 Å². The van der Waals surface area contributed by atoms with Crippen molar-refractivity contribution >= 4 is 5.97 Å². The average Bonchev–Trinajstić information content (AvgIpc) is 2.96. The average molecular weight is 223 g/mol. The summed E-state index contributed by atoms with van der Waals surface area (Å²) < 4.78 is 5.47. The highest BCUT2D eigenvalue weighted by Gasteiger charge is 2.37. The maximum absolute atomic E-state index is 11.1. The van der Waals surface area contributed by atoms with E-state index in [2.05, 4.69) is 5.32 Å². The van der Waals surface area contributed by atoms with Crippen molar-refractivity contribution in [2.24, 2.45) is 5.92 Å². The second-order valence-corrected chi connectivity index (χ2v) is 4.49. The number of aliphatic carboxylic acids is 1. The van der Waals surface area contributed by atoms with E-state index in [0.29, 0.717) is 0 Å². The second kappa shape index (κ2) is 4.29. The summed E-state index contributed by atoms with van der Waals surface area (Å²) in [5.74, 6) is 1.17. The van der Waals surface area contributed by atoms with Crippen molar-refractivity contribution in [3.63, 3.8) is 0 Å². The Morgan fingerprint density at radius 1 is 1.56 bits per heavy atom. The summed E-state index contributed by atoms with van der Waals surface area (Å²) in [7, 11) is 0. The van der Waals surface area contributed by atoms with Crippen LogP contribution in [0, 0.1) is 12.8 Å². The predicted molar refractivity (Wildman–Crippen MR) is 59.1 cm³/mol. The molecule has 0 spiro atoms. The van der Waals surface area contributed by atoms with E-state index in [9.17, 15) is 4.79 Å². The Kier molecular flexibility index (Phi) is 3.01. The number of nitrogens with one attached hydrogen (secondary N) is 1. The summed E-state index contributed by atoms with van der Waals surface area (Å²) >= 11 is 0. The molecule has 2 atom stereocenters. The Balaban J connectivity index is 1.99. The minimum Gasteiger partial charge on any atom is -0.480 e. The molecule has 1 saturated carbocycles. The van der Waals surface area contributed by atoms with Gasteiger partial charge in [-0.05, 0) is 44.7 Å². The van der Waals surface area contributed by atoms with E-state index >= 15 is 0 Å². The van der Waals surface area contributed by atoms with E-state index in [1.807, 2.05) is 26.0 Å². The van der Waals surface area contributed by atoms with E-state index < -0.39 is 12.0 Å². The van der Waals surface area contributed by atoms with Gasteiger partial charge in [-0.25, -0.2) is 0 Å². The second-order valence-electron chi connectivity index (χ2n) is 4.49. The number of aryl methyl sites for hydroxylation is 1. The number of carbonyl (C=O) groups is 1. The number of hydrogen-bond acceptors (Lipinski definition) is 3. The van der Waals surface area contributed by atoms with Crippen LogP contribution in [0.1, 0.15) is 37.3 Å². The molecule has 1 fully saturated rings. The first-order valence-corrected chi connectivity index (χ1v) is 5.63. The van der Waals surface area contributed by atoms with Crippen LogP contribution in [0.15, 0.2) is 16.5 Å². The normalized spacial score (nSPS) is 19.4. The van der Waals surface area contributed by atoms with Crippen LogP contribution in [0.3, 0.4) is 0 Å². The van der Waals surface area contributed by atoms with Crippen LogP contribution in [0.5, 0.6) is 0 Å². The molecular formula is C12H17NO3. The minimum atomic E-state index is -0.766. The molecule has 1 aromatic rings. The summed E-state index contributed by atoms with van der Waals surface area (Å²) in [6.07, 6.45) is 2.02. The summed E-state index contributed by atoms with van der Waals surface area (Å²) in [5, 5.41) is 12.2. The van der Waals surface area contributed by atoms with Crippen molar-refractivity contribution in [3.8, 4) is 0 Å². The molecule has 0 radical (unpaired) electrons. The Morgan fingerprint density at radius 2 is 2.25 bits per heavy atom. The molecule has 4 heteroatoms. The topological polar surface area (TPSA) is 62.5 Å². The molecule has 0 saturated heterocycles. The highest BCUT2D eigenvalue weighted by molar-refractivity contribution is 5.74. The Hall–Kier alpha value is -1.29. The Labute approximate surface area is 94.6 Å². The smallest absolute Gasteiger partial charge is 0.321 e. The van der Waals surface area contributed by atoms with E-state index in [1.54, 1.807) is 0 Å². The zero-order valence-electron chi connectivity index (χ0n) is 9.56. The molecule has 88 valence electrons. The van der Waals surface area contributed by atoms with Crippen LogP contribution in [0.2, 0.25) is 0 Å². The number of carboxylic acid groups (broad SMARTS) is 1. The van der Waals surface area contributed by atoms with Crippen LogP contribution in [-0.4, -0.2) is 17.1 Å². The Bertz CT molecular complexity index is 381. The fourth-order valence-electron chi connectivity index (χ4n) is 1.88. The fourth-order valence-corrected chi connectivity index (χ4v) is 1.88. The maximum Gasteiger partial charge on any atom is 0.321 e. The molecule has 0 aromatic carbocycles. The van der Waals surface area contributed by atoms with Gasteiger partial charge in [-0.15, -0.1) is 0 Å². The first kappa shape index (κ1) is 11.2. The molecule has 0 bridgehead atoms. The zero-order chi connectivity index (χ0) is 11.7. The van der Waals surface area contributed by atoms with Gasteiger partial charge in [0.15, 0.2) is 0 Å². The van der Waals surface area contributed by atoms with Gasteiger partial charge < -0.3 is 9.52 Å². The lowest BCUT2D eigenvalue weighted by atomic mass is 10.1. The first-order chi connectivity index (χ1) is 7.58. The molecule has 1 aliphatic rings. The SMILES string of the molecule is Cc1ccc(C(C)NC(C(=O)O)C2CC2)o1. The minimum absolute atomic E-state index is 0.0598. The summed E-state index contributed by atoms with van der Waals surface area (Å²) in [4.78, 5) is 11.1. The molecule has 16 heavy (non-hydrogen) atoms. The highest BCUT2D eigenvalue weighted by atomic mass is 16.4. The van der Waals surface area contributed by atoms with E-state index in [4.69, 9.17) is 9.52 Å². The van der Waals surface area contributed by atoms with Gasteiger partial charge in [0.2, 0.25) is 0 Å². The van der Waals surface area contributed by atoms with Crippen molar-refractivity contribution in [1.29, 1.82) is 0 Å². The third kappa shape index (κ3) is 2.44. The van der Waals surface area contributed by atoms with E-state index in [1.165, 1.54) is 0 Å². The molecule has 1 heterocycles. The van der Waals surface area contributed by atoms with Crippen molar-refractivity contribution < 1.29 is 14.3 Å². The summed E-state index contributed by atoms with van der Waals surface area (Å²) in [5.41, 5.74) is 0. The molecule has 2 N–H and O–H groups in total. The van der Waals surface area contributed by atoms with Crippen LogP contribution in [0.4, 0.5) is 0 Å². The molecule has 1 aromatic heterocycles. The molecule has 0 amide bonds. The molecule has 2 rings (SSSR count). The van der Waals surface area contributed by atoms with Gasteiger partial charge in [0, 0.05) is 0 Å². The lowest BCUT2D eigenvalue weighted by Crippen LogP contribution is -2.39. The van der Waals surface area contributed by atoms with Crippen molar-refractivity contribution in [3.05, 3.63) is 23.7 Å².